The normalized spacial score (nSPS) is 7.42. The van der Waals surface area contributed by atoms with Crippen molar-refractivity contribution in [3.05, 3.63) is 7.43 Å². The molecule has 69 heavy (non-hydrogen) atoms. The van der Waals surface area contributed by atoms with E-state index < -0.39 is 13.8 Å². The smallest absolute Gasteiger partial charge is 0 e. The summed E-state index contributed by atoms with van der Waals surface area (Å²) in [6.07, 6.45) is 40.2. The third kappa shape index (κ3) is 279. The molecule has 0 aliphatic rings. The minimum atomic E-state index is -0.817. The molecule has 0 aromatic heterocycles. The SMILES string of the molecule is C.C.C.C.C.C.C=P(C)(CC)CC.C=PC.C=[PH](C)C[PH](=C)CC.C=[PH](CC)CC.C=[PH](CC)C[PH](=C)CP(=C)(C)C.[CH3-].[W].[W].[W].[W].[Y].[Y].[Y].[Y].[Y].[Y].[Y].[Y].[Y].[Y].[Y].[Y].[Y].[Y].[Y].[Y].[Y].[Y].[Y].[Y].[Y].[Y]. The van der Waals surface area contributed by atoms with Crippen LogP contribution in [-0.2, 0) is 804 Å². The third-order valence-corrected chi connectivity index (χ3v) is 25.9. The second-order valence-electron chi connectivity index (χ2n) is 10.4. The Hall–Kier alpha value is 29.3. The van der Waals surface area contributed by atoms with Gasteiger partial charge in [-0.3, -0.25) is 0 Å². The van der Waals surface area contributed by atoms with Crippen LogP contribution in [0.3, 0.4) is 0 Å². The Labute approximate surface area is 1060 Å². The standard InChI is InChI=1S/C9H23P3.C6H16P2.C6H15P.C5H13P.C2H5P.6CH4.CH3.4W.22Y/c1-7-10(2)8-11(3)9-12(4,5)6;1-5-8(4)6-7(2)3;1-5-7(3,4)6-2;1-4-6(3)5-2;1-3-2;;;;;;;;;;;;;;;;;;;;;;;;;;;;;;;;;/h10-11H,2-4,7-9H2,1,5-6H3;7-8H,2,4-6H2,1,3H3;3,5-6H2,1-2,4H3;6H,3-5H2,1-2H3;1H2,2H3;6*1H4;1H3;;;;;;;;;;;;;;;;;;;;;;;;;;/q;;;;;;;;;;;-1;;;;;;;;;;;;;;;;;;;;;;;;;;. The van der Waals surface area contributed by atoms with Crippen LogP contribution in [0.1, 0.15) is 86.1 Å². The molecule has 0 N–H and O–H groups in total. The maximum absolute atomic E-state index is 4.29. The summed E-state index contributed by atoms with van der Waals surface area (Å²) in [5.74, 6) is 4.07. The molecular weight excluding hydrogens is 3360 g/mol. The summed E-state index contributed by atoms with van der Waals surface area (Å²) in [5, 5.41) is 0. The molecule has 0 aliphatic carbocycles. The van der Waals surface area contributed by atoms with E-state index in [4.69, 9.17) is 0 Å². The van der Waals surface area contributed by atoms with Gasteiger partial charge in [0.2, 0.25) is 0 Å². The first kappa shape index (κ1) is 256. The van der Waals surface area contributed by atoms with Gasteiger partial charge in [0.25, 0.3) is 0 Å². The van der Waals surface area contributed by atoms with E-state index in [1.54, 1.807) is 0 Å². The van der Waals surface area contributed by atoms with Crippen molar-refractivity contribution in [2.24, 2.45) is 0 Å². The van der Waals surface area contributed by atoms with Gasteiger partial charge in [0, 0.05) is 804 Å². The van der Waals surface area contributed by atoms with E-state index >= 15 is 0 Å². The molecule has 0 bridgehead atoms. The first-order valence-electron chi connectivity index (χ1n) is 13.4. The Bertz CT molecular complexity index is 796. The molecule has 0 nitrogen and oxygen atoms in total. The van der Waals surface area contributed by atoms with Crippen LogP contribution in [-0.4, -0.2) is 138 Å². The molecule has 0 saturated heterocycles. The molecule has 0 aromatic rings. The van der Waals surface area contributed by atoms with Crippen LogP contribution in [0.5, 0.6) is 0 Å². The largest absolute Gasteiger partial charge is 0.358 e. The molecule has 0 aliphatic heterocycles. The van der Waals surface area contributed by atoms with Gasteiger partial charge in [0.15, 0.2) is 0 Å². The first-order chi connectivity index (χ1) is 16.4. The van der Waals surface area contributed by atoms with E-state index in [-0.39, 0.29) is 894 Å². The zero-order valence-electron chi connectivity index (χ0n) is 42.2. The molecule has 0 spiro atoms. The molecule has 0 fully saturated rings. The Balaban J connectivity index is -0.00000000443. The van der Waals surface area contributed by atoms with Gasteiger partial charge in [-0.1, -0.05) is 92.4 Å². The second-order valence-corrected chi connectivity index (χ2v) is 34.2. The van der Waals surface area contributed by atoms with Crippen molar-refractivity contribution in [1.82, 2.24) is 0 Å². The van der Waals surface area contributed by atoms with Gasteiger partial charge in [-0.2, -0.15) is 0 Å². The predicted octanol–water partition coefficient (Wildman–Crippen LogP) is 13.8. The summed E-state index contributed by atoms with van der Waals surface area (Å²) in [4.78, 5) is 0. The second kappa shape index (κ2) is 205. The molecule has 370 valence electrons. The quantitative estimate of drug-likeness (QED) is 0.135. The van der Waals surface area contributed by atoms with Gasteiger partial charge in [-0.25, -0.2) is 0 Å². The molecule has 0 saturated carbocycles. The Morgan fingerprint density at radius 1 is 0.377 bits per heavy atom. The van der Waals surface area contributed by atoms with Crippen LogP contribution in [0.25, 0.3) is 0 Å². The summed E-state index contributed by atoms with van der Waals surface area (Å²) in [7, 11) is 0.0240. The van der Waals surface area contributed by atoms with Crippen molar-refractivity contribution < 1.29 is 804 Å². The number of hydrogen-bond acceptors (Lipinski definition) is 0. The van der Waals surface area contributed by atoms with Gasteiger partial charge < -0.3 is 7.43 Å². The maximum atomic E-state index is 4.29. The van der Waals surface area contributed by atoms with Crippen LogP contribution >= 0.6 is 59.7 Å². The molecular formula is C35H99P8W4Y22-. The van der Waals surface area contributed by atoms with Gasteiger partial charge in [0.1, 0.15) is 0 Å². The summed E-state index contributed by atoms with van der Waals surface area (Å²) in [6.45, 7) is 23.1. The fourth-order valence-corrected chi connectivity index (χ4v) is 17.7. The van der Waals surface area contributed by atoms with Crippen molar-refractivity contribution in [3.63, 3.8) is 0 Å². The van der Waals surface area contributed by atoms with E-state index in [1.165, 1.54) is 62.9 Å². The zero-order valence-corrected chi connectivity index (χ0v) is 124. The maximum Gasteiger partial charge on any atom is 0 e. The van der Waals surface area contributed by atoms with Gasteiger partial charge in [-0.15, -0.1) is 104 Å². The molecule has 4 atom stereocenters. The van der Waals surface area contributed by atoms with E-state index in [0.717, 1.165) is 0 Å². The predicted molar refractivity (Wildman–Crippen MR) is 274 cm³/mol. The van der Waals surface area contributed by atoms with Gasteiger partial charge in [-0.05, 0) is 88.0 Å². The van der Waals surface area contributed by atoms with Crippen molar-refractivity contribution in [2.45, 2.75) is 86.1 Å². The van der Waals surface area contributed by atoms with Crippen LogP contribution in [0.15, 0.2) is 0 Å². The Morgan fingerprint density at radius 2 is 0.536 bits per heavy atom. The fraction of sp³-hybridized carbons (Fsp3) is 0.743. The van der Waals surface area contributed by atoms with E-state index in [1.807, 2.05) is 6.66 Å². The Morgan fingerprint density at radius 3 is 0.609 bits per heavy atom. The average molecular weight is 3460 g/mol. The van der Waals surface area contributed by atoms with Gasteiger partial charge >= 0.3 is 0 Å². The van der Waals surface area contributed by atoms with E-state index in [9.17, 15) is 0 Å². The molecule has 0 amide bonds. The van der Waals surface area contributed by atoms with Crippen molar-refractivity contribution in [3.8, 4) is 0 Å². The monoisotopic (exact) mass is 3460 g/mol. The molecule has 4 unspecified atom stereocenters. The van der Waals surface area contributed by atoms with Gasteiger partial charge in [0.05, 0.1) is 0 Å². The molecule has 0 rings (SSSR count). The molecule has 0 aromatic carbocycles. The number of hydrogen-bond donors (Lipinski definition) is 0. The van der Waals surface area contributed by atoms with Crippen LogP contribution in [0, 0.1) is 7.43 Å². The van der Waals surface area contributed by atoms with Crippen molar-refractivity contribution in [1.29, 1.82) is 0 Å². The minimum absolute atomic E-state index is 0. The Kier molecular flexibility index (Phi) is 761. The molecule has 34 heteroatoms. The van der Waals surface area contributed by atoms with E-state index in [0.29, 0.717) is 0 Å². The summed E-state index contributed by atoms with van der Waals surface area (Å²) in [6, 6.07) is 0. The topological polar surface area (TPSA) is 0 Å². The van der Waals surface area contributed by atoms with E-state index in [2.05, 4.69) is 119 Å². The molecule has 22 radical (unpaired) electrons. The first-order valence-corrected chi connectivity index (χ1v) is 31.7. The minimum Gasteiger partial charge on any atom is -0.358 e. The summed E-state index contributed by atoms with van der Waals surface area (Å²) in [5.41, 5.74) is 0. The van der Waals surface area contributed by atoms with Crippen molar-refractivity contribution in [2.75, 3.05) is 88.0 Å². The molecule has 0 heterocycles. The fourth-order valence-electron chi connectivity index (χ4n) is 2.17. The van der Waals surface area contributed by atoms with Crippen LogP contribution in [0.2, 0.25) is 0 Å². The number of rotatable bonds is 12. The zero-order chi connectivity index (χ0) is 30.0. The van der Waals surface area contributed by atoms with Crippen LogP contribution in [0.4, 0.5) is 0 Å². The average Bonchev–Trinajstić information content (AvgIpc) is 2.78. The summed E-state index contributed by atoms with van der Waals surface area (Å²) < 4.78 is 0. The van der Waals surface area contributed by atoms with Crippen molar-refractivity contribution >= 4 is 110 Å². The third-order valence-electron chi connectivity index (χ3n) is 5.23. The summed E-state index contributed by atoms with van der Waals surface area (Å²) >= 11 is 0. The van der Waals surface area contributed by atoms with Crippen LogP contribution < -0.4 is 0 Å².